The smallest absolute Gasteiger partial charge is 0.337 e. The van der Waals surface area contributed by atoms with E-state index in [0.717, 1.165) is 10.5 Å². The molecule has 3 rings (SSSR count). The van der Waals surface area contributed by atoms with Crippen LogP contribution in [0.5, 0.6) is 5.88 Å². The van der Waals surface area contributed by atoms with Gasteiger partial charge in [-0.15, -0.1) is 0 Å². The number of carboxylic acids is 1. The zero-order chi connectivity index (χ0) is 16.6. The molecule has 120 valence electrons. The molecule has 1 aliphatic heterocycles. The van der Waals surface area contributed by atoms with Crippen molar-refractivity contribution in [2.75, 3.05) is 17.5 Å². The molecule has 0 amide bonds. The summed E-state index contributed by atoms with van der Waals surface area (Å²) in [7, 11) is -3.87. The topological polar surface area (TPSA) is 96.8 Å². The van der Waals surface area contributed by atoms with Crippen LogP contribution in [0.25, 0.3) is 0 Å². The SMILES string of the molecule is O=C(O)c1cnc2c(c1)N(S(=O)(=O)c1ccc(Cl)cc1)CCO2. The van der Waals surface area contributed by atoms with Crippen molar-refractivity contribution in [2.45, 2.75) is 4.90 Å². The lowest BCUT2D eigenvalue weighted by Gasteiger charge is -2.29. The molecule has 0 atom stereocenters. The van der Waals surface area contributed by atoms with Crippen LogP contribution in [-0.2, 0) is 10.0 Å². The van der Waals surface area contributed by atoms with Crippen LogP contribution in [0.15, 0.2) is 41.4 Å². The Kier molecular flexibility index (Phi) is 3.87. The van der Waals surface area contributed by atoms with Gasteiger partial charge in [0.2, 0.25) is 5.88 Å². The molecule has 1 aromatic carbocycles. The van der Waals surface area contributed by atoms with E-state index in [1.807, 2.05) is 0 Å². The second kappa shape index (κ2) is 5.71. The molecule has 0 aliphatic carbocycles. The van der Waals surface area contributed by atoms with E-state index in [-0.39, 0.29) is 35.2 Å². The third-order valence-corrected chi connectivity index (χ3v) is 5.36. The summed E-state index contributed by atoms with van der Waals surface area (Å²) >= 11 is 5.78. The van der Waals surface area contributed by atoms with Crippen molar-refractivity contribution in [3.8, 4) is 5.88 Å². The number of hydrogen-bond donors (Lipinski definition) is 1. The molecular formula is C14H11ClN2O5S. The van der Waals surface area contributed by atoms with Crippen LogP contribution in [0.4, 0.5) is 5.69 Å². The average Bonchev–Trinajstić information content (AvgIpc) is 2.54. The molecule has 2 heterocycles. The minimum atomic E-state index is -3.87. The highest BCUT2D eigenvalue weighted by molar-refractivity contribution is 7.92. The van der Waals surface area contributed by atoms with Crippen molar-refractivity contribution < 1.29 is 23.1 Å². The third-order valence-electron chi connectivity index (χ3n) is 3.28. The third kappa shape index (κ3) is 2.82. The van der Waals surface area contributed by atoms with E-state index in [0.29, 0.717) is 5.02 Å². The first-order valence-electron chi connectivity index (χ1n) is 6.54. The predicted octanol–water partition coefficient (Wildman–Crippen LogP) is 2.02. The van der Waals surface area contributed by atoms with Crippen molar-refractivity contribution in [2.24, 2.45) is 0 Å². The van der Waals surface area contributed by atoms with Crippen LogP contribution >= 0.6 is 11.6 Å². The van der Waals surface area contributed by atoms with Crippen LogP contribution < -0.4 is 9.04 Å². The molecule has 0 bridgehead atoms. The fourth-order valence-electron chi connectivity index (χ4n) is 2.18. The Hall–Kier alpha value is -2.32. The van der Waals surface area contributed by atoms with E-state index in [2.05, 4.69) is 4.98 Å². The molecule has 0 spiro atoms. The lowest BCUT2D eigenvalue weighted by atomic mass is 10.2. The van der Waals surface area contributed by atoms with Crippen LogP contribution in [0.3, 0.4) is 0 Å². The molecule has 0 unspecified atom stereocenters. The monoisotopic (exact) mass is 354 g/mol. The van der Waals surface area contributed by atoms with E-state index in [1.165, 1.54) is 30.3 Å². The van der Waals surface area contributed by atoms with Gasteiger partial charge in [-0.2, -0.15) is 0 Å². The maximum atomic E-state index is 12.8. The quantitative estimate of drug-likeness (QED) is 0.905. The molecular weight excluding hydrogens is 344 g/mol. The summed E-state index contributed by atoms with van der Waals surface area (Å²) in [6, 6.07) is 6.96. The molecule has 7 nitrogen and oxygen atoms in total. The minimum absolute atomic E-state index is 0.0514. The molecule has 0 radical (unpaired) electrons. The van der Waals surface area contributed by atoms with E-state index >= 15 is 0 Å². The second-order valence-corrected chi connectivity index (χ2v) is 7.03. The summed E-state index contributed by atoms with van der Waals surface area (Å²) in [4.78, 5) is 15.0. The molecule has 9 heteroatoms. The van der Waals surface area contributed by atoms with Gasteiger partial charge in [-0.05, 0) is 30.3 Å². The first kappa shape index (κ1) is 15.6. The van der Waals surface area contributed by atoms with Crippen molar-refractivity contribution >= 4 is 33.3 Å². The van der Waals surface area contributed by atoms with Gasteiger partial charge in [-0.25, -0.2) is 18.2 Å². The van der Waals surface area contributed by atoms with Gasteiger partial charge in [0.15, 0.2) is 0 Å². The highest BCUT2D eigenvalue weighted by Crippen LogP contribution is 2.34. The molecule has 1 N–H and O–H groups in total. The standard InChI is InChI=1S/C14H11ClN2O5S/c15-10-1-3-11(4-2-10)23(20,21)17-5-6-22-13-12(17)7-9(8-16-13)14(18)19/h1-4,7-8H,5-6H2,(H,18,19). The number of sulfonamides is 1. The minimum Gasteiger partial charge on any atom is -0.478 e. The predicted molar refractivity (Wildman–Crippen MR) is 82.7 cm³/mol. The number of hydrogen-bond acceptors (Lipinski definition) is 5. The first-order chi connectivity index (χ1) is 10.9. The summed E-state index contributed by atoms with van der Waals surface area (Å²) in [6.45, 7) is 0.182. The zero-order valence-corrected chi connectivity index (χ0v) is 13.2. The Labute approximate surface area is 137 Å². The van der Waals surface area contributed by atoms with Gasteiger partial charge in [-0.1, -0.05) is 11.6 Å². The Morgan fingerprint density at radius 3 is 2.65 bits per heavy atom. The van der Waals surface area contributed by atoms with Gasteiger partial charge >= 0.3 is 5.97 Å². The normalized spacial score (nSPS) is 14.0. The molecule has 0 fully saturated rings. The van der Waals surface area contributed by atoms with Gasteiger partial charge in [0.1, 0.15) is 12.3 Å². The number of rotatable bonds is 3. The fourth-order valence-corrected chi connectivity index (χ4v) is 3.74. The molecule has 1 aliphatic rings. The lowest BCUT2D eigenvalue weighted by molar-refractivity contribution is 0.0696. The number of aromatic carboxylic acids is 1. The Morgan fingerprint density at radius 2 is 2.00 bits per heavy atom. The number of pyridine rings is 1. The lowest BCUT2D eigenvalue weighted by Crippen LogP contribution is -2.38. The Bertz CT molecular complexity index is 867. The van der Waals surface area contributed by atoms with Crippen LogP contribution in [0.1, 0.15) is 10.4 Å². The van der Waals surface area contributed by atoms with Gasteiger partial charge < -0.3 is 9.84 Å². The summed E-state index contributed by atoms with van der Waals surface area (Å²) < 4.78 is 32.0. The number of halogens is 1. The number of nitrogens with zero attached hydrogens (tertiary/aromatic N) is 2. The van der Waals surface area contributed by atoms with Crippen molar-refractivity contribution in [1.82, 2.24) is 4.98 Å². The van der Waals surface area contributed by atoms with E-state index < -0.39 is 16.0 Å². The number of anilines is 1. The second-order valence-electron chi connectivity index (χ2n) is 4.73. The van der Waals surface area contributed by atoms with E-state index in [4.69, 9.17) is 21.4 Å². The van der Waals surface area contributed by atoms with E-state index in [1.54, 1.807) is 0 Å². The number of carbonyl (C=O) groups is 1. The Morgan fingerprint density at radius 1 is 1.30 bits per heavy atom. The van der Waals surface area contributed by atoms with Gasteiger partial charge in [0, 0.05) is 11.2 Å². The average molecular weight is 355 g/mol. The van der Waals surface area contributed by atoms with Crippen LogP contribution in [-0.4, -0.2) is 37.6 Å². The molecule has 0 saturated carbocycles. The first-order valence-corrected chi connectivity index (χ1v) is 8.36. The van der Waals surface area contributed by atoms with E-state index in [9.17, 15) is 13.2 Å². The number of ether oxygens (including phenoxy) is 1. The zero-order valence-electron chi connectivity index (χ0n) is 11.6. The largest absolute Gasteiger partial charge is 0.478 e. The fraction of sp³-hybridized carbons (Fsp3) is 0.143. The number of carboxylic acid groups (broad SMARTS) is 1. The summed E-state index contributed by atoms with van der Waals surface area (Å²) in [5.41, 5.74) is -0.0170. The summed E-state index contributed by atoms with van der Waals surface area (Å²) in [5.74, 6) is -1.12. The Balaban J connectivity index is 2.10. The summed E-state index contributed by atoms with van der Waals surface area (Å²) in [6.07, 6.45) is 1.12. The molecule has 23 heavy (non-hydrogen) atoms. The van der Waals surface area contributed by atoms with Crippen LogP contribution in [0, 0.1) is 0 Å². The highest BCUT2D eigenvalue weighted by atomic mass is 35.5. The number of benzene rings is 1. The number of aromatic nitrogens is 1. The maximum Gasteiger partial charge on any atom is 0.337 e. The van der Waals surface area contributed by atoms with Gasteiger partial charge in [0.05, 0.1) is 17.0 Å². The van der Waals surface area contributed by atoms with Crippen LogP contribution in [0.2, 0.25) is 5.02 Å². The maximum absolute atomic E-state index is 12.8. The van der Waals surface area contributed by atoms with Gasteiger partial charge in [0.25, 0.3) is 10.0 Å². The number of fused-ring (bicyclic) bond motifs is 1. The summed E-state index contributed by atoms with van der Waals surface area (Å²) in [5, 5.41) is 9.48. The van der Waals surface area contributed by atoms with Gasteiger partial charge in [-0.3, -0.25) is 4.31 Å². The van der Waals surface area contributed by atoms with Crippen molar-refractivity contribution in [3.63, 3.8) is 0 Å². The molecule has 1 aromatic heterocycles. The van der Waals surface area contributed by atoms with Crippen molar-refractivity contribution in [1.29, 1.82) is 0 Å². The highest BCUT2D eigenvalue weighted by Gasteiger charge is 2.31. The molecule has 2 aromatic rings. The molecule has 0 saturated heterocycles. The van der Waals surface area contributed by atoms with Crippen molar-refractivity contribution in [3.05, 3.63) is 47.1 Å².